The molecule has 0 unspecified atom stereocenters. The SMILES string of the molecule is CC(CO)(CO)CNc1ccsc1. The molecule has 0 aliphatic carbocycles. The van der Waals surface area contributed by atoms with Gasteiger partial charge in [-0.3, -0.25) is 0 Å². The summed E-state index contributed by atoms with van der Waals surface area (Å²) in [6.07, 6.45) is 0. The third-order valence-corrected chi connectivity index (χ3v) is 2.69. The predicted molar refractivity (Wildman–Crippen MR) is 55.1 cm³/mol. The zero-order valence-corrected chi connectivity index (χ0v) is 8.47. The van der Waals surface area contributed by atoms with Crippen molar-refractivity contribution < 1.29 is 10.2 Å². The molecule has 0 saturated carbocycles. The molecule has 0 amide bonds. The van der Waals surface area contributed by atoms with E-state index in [1.165, 1.54) is 0 Å². The van der Waals surface area contributed by atoms with Crippen LogP contribution in [-0.2, 0) is 0 Å². The van der Waals surface area contributed by atoms with Gasteiger partial charge in [0, 0.05) is 23.0 Å². The molecule has 0 fully saturated rings. The zero-order chi connectivity index (χ0) is 9.73. The lowest BCUT2D eigenvalue weighted by atomic mass is 9.93. The Morgan fingerprint density at radius 3 is 2.62 bits per heavy atom. The minimum atomic E-state index is -0.443. The van der Waals surface area contributed by atoms with Crippen LogP contribution in [0.2, 0.25) is 0 Å². The number of hydrogen-bond donors (Lipinski definition) is 3. The van der Waals surface area contributed by atoms with Crippen LogP contribution in [0, 0.1) is 5.41 Å². The molecular formula is C9H15NO2S. The van der Waals surface area contributed by atoms with Crippen molar-refractivity contribution in [1.29, 1.82) is 0 Å². The van der Waals surface area contributed by atoms with E-state index < -0.39 is 5.41 Å². The van der Waals surface area contributed by atoms with Crippen LogP contribution < -0.4 is 5.32 Å². The maximum absolute atomic E-state index is 9.02. The lowest BCUT2D eigenvalue weighted by Gasteiger charge is -2.24. The summed E-state index contributed by atoms with van der Waals surface area (Å²) in [5.74, 6) is 0. The molecule has 0 bridgehead atoms. The normalized spacial score (nSPS) is 11.6. The Hall–Kier alpha value is -0.580. The van der Waals surface area contributed by atoms with Crippen molar-refractivity contribution in [1.82, 2.24) is 0 Å². The first-order chi connectivity index (χ1) is 6.20. The van der Waals surface area contributed by atoms with E-state index in [0.29, 0.717) is 6.54 Å². The Morgan fingerprint density at radius 2 is 2.15 bits per heavy atom. The Kier molecular flexibility index (Phi) is 3.71. The van der Waals surface area contributed by atoms with Gasteiger partial charge in [0.25, 0.3) is 0 Å². The summed E-state index contributed by atoms with van der Waals surface area (Å²) in [5, 5.41) is 25.2. The lowest BCUT2D eigenvalue weighted by molar-refractivity contribution is 0.0807. The van der Waals surface area contributed by atoms with Crippen molar-refractivity contribution in [3.8, 4) is 0 Å². The van der Waals surface area contributed by atoms with Gasteiger partial charge >= 0.3 is 0 Å². The second kappa shape index (κ2) is 4.60. The first-order valence-corrected chi connectivity index (χ1v) is 5.12. The minimum absolute atomic E-state index is 0.0133. The van der Waals surface area contributed by atoms with Gasteiger partial charge in [-0.25, -0.2) is 0 Å². The first kappa shape index (κ1) is 10.5. The van der Waals surface area contributed by atoms with Gasteiger partial charge in [0.1, 0.15) is 0 Å². The molecule has 0 radical (unpaired) electrons. The topological polar surface area (TPSA) is 52.5 Å². The Balaban J connectivity index is 2.41. The molecular weight excluding hydrogens is 186 g/mol. The molecule has 1 aromatic heterocycles. The second-order valence-corrected chi connectivity index (χ2v) is 4.27. The van der Waals surface area contributed by atoms with Gasteiger partial charge in [0.15, 0.2) is 0 Å². The van der Waals surface area contributed by atoms with Crippen LogP contribution in [0.25, 0.3) is 0 Å². The number of nitrogens with one attached hydrogen (secondary N) is 1. The minimum Gasteiger partial charge on any atom is -0.396 e. The highest BCUT2D eigenvalue weighted by Crippen LogP contribution is 2.17. The number of hydrogen-bond acceptors (Lipinski definition) is 4. The van der Waals surface area contributed by atoms with Crippen LogP contribution in [-0.4, -0.2) is 30.0 Å². The molecule has 3 nitrogen and oxygen atoms in total. The van der Waals surface area contributed by atoms with Gasteiger partial charge in [0.2, 0.25) is 0 Å². The summed E-state index contributed by atoms with van der Waals surface area (Å²) in [4.78, 5) is 0. The summed E-state index contributed by atoms with van der Waals surface area (Å²) >= 11 is 1.62. The highest BCUT2D eigenvalue weighted by atomic mass is 32.1. The maximum atomic E-state index is 9.02. The van der Waals surface area contributed by atoms with E-state index in [4.69, 9.17) is 10.2 Å². The van der Waals surface area contributed by atoms with Crippen molar-refractivity contribution in [3.63, 3.8) is 0 Å². The number of aliphatic hydroxyl groups is 2. The van der Waals surface area contributed by atoms with Crippen molar-refractivity contribution >= 4 is 17.0 Å². The molecule has 0 aliphatic heterocycles. The summed E-state index contributed by atoms with van der Waals surface area (Å²) < 4.78 is 0. The Bertz CT molecular complexity index is 232. The molecule has 1 rings (SSSR count). The van der Waals surface area contributed by atoms with E-state index >= 15 is 0 Å². The number of rotatable bonds is 5. The van der Waals surface area contributed by atoms with Gasteiger partial charge in [-0.1, -0.05) is 6.92 Å². The molecule has 4 heteroatoms. The van der Waals surface area contributed by atoms with E-state index in [9.17, 15) is 0 Å². The summed E-state index contributed by atoms with van der Waals surface area (Å²) in [6.45, 7) is 2.39. The van der Waals surface area contributed by atoms with Gasteiger partial charge in [0.05, 0.1) is 13.2 Å². The second-order valence-electron chi connectivity index (χ2n) is 3.49. The highest BCUT2D eigenvalue weighted by Gasteiger charge is 2.21. The standard InChI is InChI=1S/C9H15NO2S/c1-9(6-11,7-12)5-10-8-2-3-13-4-8/h2-4,10-12H,5-7H2,1H3. The predicted octanol–water partition coefficient (Wildman–Crippen LogP) is 1.15. The fourth-order valence-corrected chi connectivity index (χ4v) is 1.45. The van der Waals surface area contributed by atoms with Crippen molar-refractivity contribution in [3.05, 3.63) is 16.8 Å². The van der Waals surface area contributed by atoms with E-state index in [1.54, 1.807) is 11.3 Å². The van der Waals surface area contributed by atoms with E-state index in [0.717, 1.165) is 5.69 Å². The molecule has 0 aromatic carbocycles. The average molecular weight is 201 g/mol. The average Bonchev–Trinajstić information content (AvgIpc) is 2.67. The monoisotopic (exact) mass is 201 g/mol. The molecule has 0 aliphatic rings. The van der Waals surface area contributed by atoms with Crippen molar-refractivity contribution in [2.24, 2.45) is 5.41 Å². The van der Waals surface area contributed by atoms with Crippen LogP contribution in [0.1, 0.15) is 6.92 Å². The Morgan fingerprint density at radius 1 is 1.46 bits per heavy atom. The Labute approximate surface area is 82.0 Å². The number of aliphatic hydroxyl groups excluding tert-OH is 2. The smallest absolute Gasteiger partial charge is 0.0523 e. The molecule has 1 heterocycles. The van der Waals surface area contributed by atoms with Gasteiger partial charge < -0.3 is 15.5 Å². The van der Waals surface area contributed by atoms with Gasteiger partial charge in [-0.05, 0) is 11.4 Å². The van der Waals surface area contributed by atoms with E-state index in [1.807, 2.05) is 23.8 Å². The van der Waals surface area contributed by atoms with Crippen LogP contribution in [0.4, 0.5) is 5.69 Å². The van der Waals surface area contributed by atoms with Gasteiger partial charge in [-0.2, -0.15) is 11.3 Å². The van der Waals surface area contributed by atoms with Crippen LogP contribution in [0.3, 0.4) is 0 Å². The molecule has 13 heavy (non-hydrogen) atoms. The molecule has 1 aromatic rings. The van der Waals surface area contributed by atoms with Crippen LogP contribution in [0.5, 0.6) is 0 Å². The number of anilines is 1. The third kappa shape index (κ3) is 2.99. The van der Waals surface area contributed by atoms with Crippen molar-refractivity contribution in [2.45, 2.75) is 6.92 Å². The van der Waals surface area contributed by atoms with Crippen molar-refractivity contribution in [2.75, 3.05) is 25.1 Å². The van der Waals surface area contributed by atoms with E-state index in [-0.39, 0.29) is 13.2 Å². The first-order valence-electron chi connectivity index (χ1n) is 4.18. The zero-order valence-electron chi connectivity index (χ0n) is 7.66. The fourth-order valence-electron chi connectivity index (χ4n) is 0.842. The maximum Gasteiger partial charge on any atom is 0.0523 e. The fraction of sp³-hybridized carbons (Fsp3) is 0.556. The summed E-state index contributed by atoms with van der Waals surface area (Å²) in [6, 6.07) is 1.97. The number of thiophene rings is 1. The van der Waals surface area contributed by atoms with Crippen LogP contribution in [0.15, 0.2) is 16.8 Å². The third-order valence-electron chi connectivity index (χ3n) is 2.00. The molecule has 0 spiro atoms. The summed E-state index contributed by atoms with van der Waals surface area (Å²) in [7, 11) is 0. The quantitative estimate of drug-likeness (QED) is 0.670. The molecule has 0 saturated heterocycles. The summed E-state index contributed by atoms with van der Waals surface area (Å²) in [5.41, 5.74) is 0.597. The van der Waals surface area contributed by atoms with Crippen LogP contribution >= 0.6 is 11.3 Å². The largest absolute Gasteiger partial charge is 0.396 e. The molecule has 3 N–H and O–H groups in total. The van der Waals surface area contributed by atoms with E-state index in [2.05, 4.69) is 5.32 Å². The highest BCUT2D eigenvalue weighted by molar-refractivity contribution is 7.08. The lowest BCUT2D eigenvalue weighted by Crippen LogP contribution is -2.33. The molecule has 74 valence electrons. The van der Waals surface area contributed by atoms with Gasteiger partial charge in [-0.15, -0.1) is 0 Å². The molecule has 0 atom stereocenters.